The third-order valence-electron chi connectivity index (χ3n) is 11.5. The Balaban J connectivity index is 0.000000208. The third-order valence-corrected chi connectivity index (χ3v) is 12.3. The third kappa shape index (κ3) is 15.6. The standard InChI is InChI=1S/C29H33FN4O5.C14H14N2O3.C6H9BrN2.C3H3BrN2/c1-18(2)34-16-22(15-31-34)19-5-7-20(8-6-19)27(36)29(37)32-24(17-33-9-3-4-10-33)26(35)21-13-23(30)28-25(14-21)38-11-12-39-28;1-9(2)16-8-12(7-15-16)10-3-5-11(6-4-10)13(17)14(18)19;1-5(2)9-4-6(7)3-8-9;4-3-1-5-6-2-3/h5-8,13-16,18,24,26,35H,3-4,9-12,17H2,1-2H3,(H,32,37);3-9H,1-2H3,(H,18,19);3-5H,1-2H3;1-2H,(H,5,6)/t24-,26-;;;/m1.../s1. The monoisotopic (exact) mass is 1130 g/mol. The number of hydrogen-bond acceptors (Lipinski definition) is 12. The van der Waals surface area contributed by atoms with Crippen molar-refractivity contribution in [3.8, 4) is 33.8 Å². The van der Waals surface area contributed by atoms with Crippen LogP contribution in [0.2, 0.25) is 0 Å². The zero-order valence-electron chi connectivity index (χ0n) is 41.3. The fourth-order valence-electron chi connectivity index (χ4n) is 7.49. The second-order valence-electron chi connectivity index (χ2n) is 17.9. The Morgan fingerprint density at radius 3 is 1.66 bits per heavy atom. The largest absolute Gasteiger partial charge is 0.486 e. The Hall–Kier alpha value is -6.81. The van der Waals surface area contributed by atoms with Crippen molar-refractivity contribution < 1.29 is 43.3 Å². The van der Waals surface area contributed by atoms with Crippen LogP contribution >= 0.6 is 31.9 Å². The van der Waals surface area contributed by atoms with E-state index in [1.807, 2.05) is 60.3 Å². The van der Waals surface area contributed by atoms with Crippen molar-refractivity contribution in [1.82, 2.24) is 49.8 Å². The molecule has 2 aliphatic rings. The normalized spacial score (nSPS) is 13.8. The molecule has 1 saturated heterocycles. The summed E-state index contributed by atoms with van der Waals surface area (Å²) in [6.07, 6.45) is 15.3. The van der Waals surface area contributed by atoms with E-state index < -0.39 is 41.4 Å². The maximum absolute atomic E-state index is 14.7. The number of aromatic amines is 1. The number of rotatable bonds is 14. The van der Waals surface area contributed by atoms with Gasteiger partial charge in [0.2, 0.25) is 5.78 Å². The minimum Gasteiger partial charge on any atom is -0.486 e. The topological polar surface area (TPSA) is 225 Å². The number of aliphatic hydroxyl groups excluding tert-OH is 1. The maximum Gasteiger partial charge on any atom is 0.377 e. The van der Waals surface area contributed by atoms with Crippen LogP contribution in [0.1, 0.15) is 105 Å². The number of carbonyl (C=O) groups excluding carboxylic acids is 3. The van der Waals surface area contributed by atoms with Crippen LogP contribution in [0.5, 0.6) is 11.5 Å². The van der Waals surface area contributed by atoms with E-state index in [9.17, 15) is 28.7 Å². The van der Waals surface area contributed by atoms with Gasteiger partial charge in [-0.15, -0.1) is 0 Å². The summed E-state index contributed by atoms with van der Waals surface area (Å²) in [5.74, 6) is -4.33. The number of H-pyrrole nitrogens is 1. The second-order valence-corrected chi connectivity index (χ2v) is 19.8. The molecule has 0 spiro atoms. The van der Waals surface area contributed by atoms with Gasteiger partial charge in [-0.3, -0.25) is 33.5 Å². The first kappa shape index (κ1) is 55.5. The highest BCUT2D eigenvalue weighted by Crippen LogP contribution is 2.36. The van der Waals surface area contributed by atoms with Gasteiger partial charge >= 0.3 is 5.97 Å². The number of aromatic nitrogens is 8. The molecule has 0 saturated carbocycles. The average Bonchev–Trinajstić information content (AvgIpc) is 4.26. The summed E-state index contributed by atoms with van der Waals surface area (Å²) in [6, 6.07) is 16.0. The van der Waals surface area contributed by atoms with Crippen LogP contribution in [0.3, 0.4) is 0 Å². The predicted octanol–water partition coefficient (Wildman–Crippen LogP) is 9.34. The Labute approximate surface area is 439 Å². The summed E-state index contributed by atoms with van der Waals surface area (Å²) in [4.78, 5) is 50.1. The summed E-state index contributed by atoms with van der Waals surface area (Å²) < 4.78 is 33.2. The highest BCUT2D eigenvalue weighted by atomic mass is 79.9. The highest BCUT2D eigenvalue weighted by Gasteiger charge is 2.31. The van der Waals surface area contributed by atoms with Crippen LogP contribution in [0, 0.1) is 5.82 Å². The molecular weight excluding hydrogens is 1070 g/mol. The van der Waals surface area contributed by atoms with Crippen molar-refractivity contribution in [2.75, 3.05) is 32.8 Å². The second kappa shape index (κ2) is 26.2. The van der Waals surface area contributed by atoms with E-state index in [0.717, 1.165) is 57.1 Å². The van der Waals surface area contributed by atoms with Crippen LogP contribution < -0.4 is 14.8 Å². The van der Waals surface area contributed by atoms with Crippen LogP contribution in [0.25, 0.3) is 22.3 Å². The van der Waals surface area contributed by atoms with E-state index in [-0.39, 0.29) is 53.5 Å². The molecule has 9 rings (SSSR count). The number of nitrogens with one attached hydrogen (secondary N) is 2. The van der Waals surface area contributed by atoms with Crippen LogP contribution in [0.15, 0.2) is 119 Å². The lowest BCUT2D eigenvalue weighted by atomic mass is 9.99. The van der Waals surface area contributed by atoms with Crippen LogP contribution in [-0.2, 0) is 9.59 Å². The Morgan fingerprint density at radius 1 is 0.699 bits per heavy atom. The van der Waals surface area contributed by atoms with Crippen molar-refractivity contribution in [2.24, 2.45) is 0 Å². The van der Waals surface area contributed by atoms with Gasteiger partial charge in [0.25, 0.3) is 11.7 Å². The molecule has 6 heterocycles. The van der Waals surface area contributed by atoms with Gasteiger partial charge in [-0.05, 0) is 128 Å². The van der Waals surface area contributed by atoms with Crippen molar-refractivity contribution in [3.05, 3.63) is 142 Å². The SMILES string of the molecule is Brc1cn[nH]c1.CC(C)n1cc(-c2ccc(C(=O)C(=O)N[C@H](CN3CCCC3)[C@H](O)c3cc(F)c4c(c3)OCCO4)cc2)cn1.CC(C)n1cc(-c2ccc(C(=O)C(=O)O)cc2)cn1.CC(C)n1cc(Br)cn1. The maximum atomic E-state index is 14.7. The van der Waals surface area contributed by atoms with Crippen molar-refractivity contribution in [1.29, 1.82) is 0 Å². The number of carboxylic acids is 1. The first-order valence-corrected chi connectivity index (χ1v) is 25.2. The number of ether oxygens (including phenoxy) is 2. The van der Waals surface area contributed by atoms with Gasteiger partial charge in [0.15, 0.2) is 17.3 Å². The number of carbonyl (C=O) groups is 4. The van der Waals surface area contributed by atoms with E-state index in [1.165, 1.54) is 24.3 Å². The molecule has 2 atom stereocenters. The number of carboxylic acid groups (broad SMARTS) is 1. The molecule has 386 valence electrons. The molecule has 21 heteroatoms. The molecule has 0 radical (unpaired) electrons. The number of aliphatic carboxylic acids is 1. The van der Waals surface area contributed by atoms with Gasteiger partial charge in [-0.25, -0.2) is 9.18 Å². The fraction of sp³-hybridized carbons (Fsp3) is 0.346. The van der Waals surface area contributed by atoms with E-state index in [0.29, 0.717) is 12.6 Å². The van der Waals surface area contributed by atoms with Gasteiger partial charge < -0.3 is 29.9 Å². The lowest BCUT2D eigenvalue weighted by Gasteiger charge is -2.29. The number of ketones is 2. The minimum absolute atomic E-state index is 0.00695. The van der Waals surface area contributed by atoms with Gasteiger partial charge in [-0.2, -0.15) is 20.4 Å². The molecule has 1 amide bonds. The van der Waals surface area contributed by atoms with Gasteiger partial charge in [0.05, 0.1) is 39.8 Å². The van der Waals surface area contributed by atoms with Crippen molar-refractivity contribution in [3.63, 3.8) is 0 Å². The summed E-state index contributed by atoms with van der Waals surface area (Å²) in [7, 11) is 0. The number of fused-ring (bicyclic) bond motifs is 1. The zero-order chi connectivity index (χ0) is 52.8. The summed E-state index contributed by atoms with van der Waals surface area (Å²) >= 11 is 6.50. The molecule has 0 unspecified atom stereocenters. The number of amides is 1. The molecule has 4 aromatic heterocycles. The van der Waals surface area contributed by atoms with Crippen molar-refractivity contribution >= 4 is 55.3 Å². The zero-order valence-corrected chi connectivity index (χ0v) is 44.5. The van der Waals surface area contributed by atoms with Gasteiger partial charge in [-0.1, -0.05) is 48.5 Å². The predicted molar refractivity (Wildman–Crippen MR) is 279 cm³/mol. The molecule has 73 heavy (non-hydrogen) atoms. The number of aliphatic hydroxyl groups is 1. The lowest BCUT2D eigenvalue weighted by Crippen LogP contribution is -2.48. The van der Waals surface area contributed by atoms with E-state index in [1.54, 1.807) is 67.4 Å². The van der Waals surface area contributed by atoms with Crippen LogP contribution in [0.4, 0.5) is 4.39 Å². The molecule has 0 bridgehead atoms. The Kier molecular flexibility index (Phi) is 19.9. The van der Waals surface area contributed by atoms with Gasteiger partial charge in [0.1, 0.15) is 19.3 Å². The molecule has 1 fully saturated rings. The summed E-state index contributed by atoms with van der Waals surface area (Å²) in [5.41, 5.74) is 4.26. The van der Waals surface area contributed by atoms with E-state index in [4.69, 9.17) is 14.6 Å². The molecular formula is C52H59Br2FN10O8. The molecule has 3 aromatic carbocycles. The molecule has 4 N–H and O–H groups in total. The molecule has 18 nitrogen and oxygen atoms in total. The minimum atomic E-state index is -1.44. The van der Waals surface area contributed by atoms with Gasteiger partial charge in [0, 0.05) is 71.7 Å². The van der Waals surface area contributed by atoms with Crippen LogP contribution in [-0.4, -0.2) is 117 Å². The fourth-order valence-corrected chi connectivity index (χ4v) is 8.00. The summed E-state index contributed by atoms with van der Waals surface area (Å²) in [6.45, 7) is 14.8. The number of benzene rings is 3. The first-order chi connectivity index (χ1) is 34.9. The Bertz CT molecular complexity index is 2910. The number of nitrogens with zero attached hydrogens (tertiary/aromatic N) is 8. The van der Waals surface area contributed by atoms with E-state index in [2.05, 4.69) is 81.4 Å². The number of hydrogen-bond donors (Lipinski definition) is 4. The Morgan fingerprint density at radius 2 is 1.22 bits per heavy atom. The van der Waals surface area contributed by atoms with Crippen molar-refractivity contribution in [2.45, 2.75) is 84.7 Å². The lowest BCUT2D eigenvalue weighted by molar-refractivity contribution is -0.131. The summed E-state index contributed by atoms with van der Waals surface area (Å²) in [5, 5.41) is 41.5. The number of likely N-dealkylation sites (tertiary alicyclic amines) is 1. The molecule has 0 aliphatic carbocycles. The molecule has 2 aliphatic heterocycles. The number of Topliss-reactive ketones (excluding diaryl/α,β-unsaturated/α-hetero) is 2. The molecule has 7 aromatic rings. The average molecular weight is 1130 g/mol. The first-order valence-electron chi connectivity index (χ1n) is 23.6. The highest BCUT2D eigenvalue weighted by molar-refractivity contribution is 9.10. The smallest absolute Gasteiger partial charge is 0.377 e. The quantitative estimate of drug-likeness (QED) is 0.0589. The van der Waals surface area contributed by atoms with E-state index >= 15 is 0 Å². The number of halogens is 3.